The highest BCUT2D eigenvalue weighted by molar-refractivity contribution is 6.31. The average molecular weight is 248 g/mol. The Bertz CT molecular complexity index is 411. The molecule has 0 fully saturated rings. The van der Waals surface area contributed by atoms with Crippen LogP contribution in [-0.4, -0.2) is 24.2 Å². The molecule has 88 valence electrons. The van der Waals surface area contributed by atoms with Crippen molar-refractivity contribution in [2.75, 3.05) is 7.11 Å². The molecule has 0 aliphatic rings. The highest BCUT2D eigenvalue weighted by Gasteiger charge is 2.19. The molecule has 0 saturated heterocycles. The maximum absolute atomic E-state index is 13.7. The van der Waals surface area contributed by atoms with Gasteiger partial charge in [-0.3, -0.25) is 4.79 Å². The van der Waals surface area contributed by atoms with Crippen molar-refractivity contribution in [2.45, 2.75) is 12.5 Å². The standard InChI is InChI=1S/C10H11ClFNO3/c1-16-8-3-2-6(11)5(9(8)12)4-7(13)10(14)15/h2-3,7H,4,13H2,1H3,(H,14,15)/t7-/m0/s1. The van der Waals surface area contributed by atoms with Crippen molar-refractivity contribution in [3.05, 3.63) is 28.5 Å². The van der Waals surface area contributed by atoms with Gasteiger partial charge in [0.25, 0.3) is 0 Å². The minimum absolute atomic E-state index is 0.0111. The molecule has 0 unspecified atom stereocenters. The molecule has 0 saturated carbocycles. The van der Waals surface area contributed by atoms with Gasteiger partial charge in [-0.2, -0.15) is 0 Å². The van der Waals surface area contributed by atoms with Crippen molar-refractivity contribution in [1.82, 2.24) is 0 Å². The van der Waals surface area contributed by atoms with Crippen LogP contribution in [0.5, 0.6) is 5.75 Å². The van der Waals surface area contributed by atoms with E-state index in [1.54, 1.807) is 0 Å². The van der Waals surface area contributed by atoms with Gasteiger partial charge in [0.15, 0.2) is 11.6 Å². The number of hydrogen-bond donors (Lipinski definition) is 2. The van der Waals surface area contributed by atoms with Crippen LogP contribution in [0.3, 0.4) is 0 Å². The third kappa shape index (κ3) is 2.62. The first-order chi connectivity index (χ1) is 7.47. The lowest BCUT2D eigenvalue weighted by molar-refractivity contribution is -0.138. The summed E-state index contributed by atoms with van der Waals surface area (Å²) in [5.41, 5.74) is 5.36. The highest BCUT2D eigenvalue weighted by Crippen LogP contribution is 2.27. The van der Waals surface area contributed by atoms with Crippen LogP contribution >= 0.6 is 11.6 Å². The smallest absolute Gasteiger partial charge is 0.320 e. The third-order valence-electron chi connectivity index (χ3n) is 2.11. The number of rotatable bonds is 4. The summed E-state index contributed by atoms with van der Waals surface area (Å²) in [6.45, 7) is 0. The van der Waals surface area contributed by atoms with Gasteiger partial charge < -0.3 is 15.6 Å². The van der Waals surface area contributed by atoms with E-state index in [4.69, 9.17) is 27.2 Å². The summed E-state index contributed by atoms with van der Waals surface area (Å²) in [7, 11) is 1.31. The first kappa shape index (κ1) is 12.7. The molecule has 0 bridgehead atoms. The normalized spacial score (nSPS) is 12.2. The number of halogens is 2. The predicted molar refractivity (Wildman–Crippen MR) is 57.3 cm³/mol. The summed E-state index contributed by atoms with van der Waals surface area (Å²) >= 11 is 5.76. The largest absolute Gasteiger partial charge is 0.494 e. The number of carbonyl (C=O) groups is 1. The fourth-order valence-corrected chi connectivity index (χ4v) is 1.45. The van der Waals surface area contributed by atoms with Gasteiger partial charge in [-0.1, -0.05) is 11.6 Å². The molecule has 6 heteroatoms. The highest BCUT2D eigenvalue weighted by atomic mass is 35.5. The summed E-state index contributed by atoms with van der Waals surface area (Å²) in [5.74, 6) is -1.87. The molecule has 3 N–H and O–H groups in total. The number of benzene rings is 1. The van der Waals surface area contributed by atoms with Crippen LogP contribution in [0.1, 0.15) is 5.56 Å². The van der Waals surface area contributed by atoms with Gasteiger partial charge in [0.1, 0.15) is 6.04 Å². The lowest BCUT2D eigenvalue weighted by atomic mass is 10.1. The summed E-state index contributed by atoms with van der Waals surface area (Å²) in [5, 5.41) is 8.76. The average Bonchev–Trinajstić information content (AvgIpc) is 2.24. The first-order valence-electron chi connectivity index (χ1n) is 4.46. The van der Waals surface area contributed by atoms with Gasteiger partial charge in [0, 0.05) is 17.0 Å². The summed E-state index contributed by atoms with van der Waals surface area (Å²) in [6, 6.07) is 1.61. The zero-order valence-electron chi connectivity index (χ0n) is 8.54. The quantitative estimate of drug-likeness (QED) is 0.845. The van der Waals surface area contributed by atoms with Crippen LogP contribution in [0.4, 0.5) is 4.39 Å². The topological polar surface area (TPSA) is 72.5 Å². The zero-order chi connectivity index (χ0) is 12.3. The molecule has 0 amide bonds. The lowest BCUT2D eigenvalue weighted by Gasteiger charge is -2.11. The SMILES string of the molecule is COc1ccc(Cl)c(C[C@H](N)C(=O)O)c1F. The van der Waals surface area contributed by atoms with Crippen molar-refractivity contribution in [3.63, 3.8) is 0 Å². The second-order valence-electron chi connectivity index (χ2n) is 3.19. The van der Waals surface area contributed by atoms with Crippen LogP contribution in [-0.2, 0) is 11.2 Å². The lowest BCUT2D eigenvalue weighted by Crippen LogP contribution is -2.32. The van der Waals surface area contributed by atoms with Gasteiger partial charge in [-0.15, -0.1) is 0 Å². The molecule has 4 nitrogen and oxygen atoms in total. The number of nitrogens with two attached hydrogens (primary N) is 1. The maximum atomic E-state index is 13.7. The van der Waals surface area contributed by atoms with E-state index < -0.39 is 17.8 Å². The van der Waals surface area contributed by atoms with E-state index in [0.717, 1.165) is 0 Å². The van der Waals surface area contributed by atoms with Crippen LogP contribution < -0.4 is 10.5 Å². The maximum Gasteiger partial charge on any atom is 0.320 e. The minimum atomic E-state index is -1.21. The molecule has 0 aliphatic heterocycles. The van der Waals surface area contributed by atoms with E-state index in [2.05, 4.69) is 0 Å². The van der Waals surface area contributed by atoms with E-state index >= 15 is 0 Å². The fraction of sp³-hybridized carbons (Fsp3) is 0.300. The number of carboxylic acids is 1. The van der Waals surface area contributed by atoms with E-state index in [1.165, 1.54) is 19.2 Å². The first-order valence-corrected chi connectivity index (χ1v) is 4.84. The Morgan fingerprint density at radius 3 is 2.81 bits per heavy atom. The van der Waals surface area contributed by atoms with Gasteiger partial charge in [0.05, 0.1) is 7.11 Å². The van der Waals surface area contributed by atoms with Gasteiger partial charge in [-0.05, 0) is 12.1 Å². The molecule has 1 rings (SSSR count). The summed E-state index contributed by atoms with van der Waals surface area (Å²) in [6.07, 6.45) is -0.183. The number of ether oxygens (including phenoxy) is 1. The molecule has 0 aliphatic carbocycles. The Morgan fingerprint density at radius 2 is 2.31 bits per heavy atom. The Hall–Kier alpha value is -1.33. The molecule has 1 aromatic carbocycles. The molecule has 0 heterocycles. The van der Waals surface area contributed by atoms with Gasteiger partial charge >= 0.3 is 5.97 Å². The van der Waals surface area contributed by atoms with Crippen molar-refractivity contribution in [2.24, 2.45) is 5.73 Å². The second kappa shape index (κ2) is 5.14. The van der Waals surface area contributed by atoms with E-state index in [0.29, 0.717) is 0 Å². The van der Waals surface area contributed by atoms with Crippen LogP contribution in [0.2, 0.25) is 5.02 Å². The van der Waals surface area contributed by atoms with Crippen molar-refractivity contribution in [1.29, 1.82) is 0 Å². The second-order valence-corrected chi connectivity index (χ2v) is 3.60. The molecule has 0 radical (unpaired) electrons. The number of hydrogen-bond acceptors (Lipinski definition) is 3. The molecule has 16 heavy (non-hydrogen) atoms. The van der Waals surface area contributed by atoms with Crippen LogP contribution in [0, 0.1) is 5.82 Å². The van der Waals surface area contributed by atoms with Crippen molar-refractivity contribution in [3.8, 4) is 5.75 Å². The van der Waals surface area contributed by atoms with E-state index in [1.807, 2.05) is 0 Å². The summed E-state index contributed by atoms with van der Waals surface area (Å²) < 4.78 is 18.5. The Balaban J connectivity index is 3.07. The van der Waals surface area contributed by atoms with E-state index in [-0.39, 0.29) is 22.8 Å². The fourth-order valence-electron chi connectivity index (χ4n) is 1.23. The number of aliphatic carboxylic acids is 1. The van der Waals surface area contributed by atoms with Crippen molar-refractivity contribution < 1.29 is 19.0 Å². The molecular formula is C10H11ClFNO3. The Kier molecular flexibility index (Phi) is 4.09. The minimum Gasteiger partial charge on any atom is -0.494 e. The van der Waals surface area contributed by atoms with Crippen LogP contribution in [0.15, 0.2) is 12.1 Å². The van der Waals surface area contributed by atoms with E-state index in [9.17, 15) is 9.18 Å². The Morgan fingerprint density at radius 1 is 1.69 bits per heavy atom. The van der Waals surface area contributed by atoms with Crippen LogP contribution in [0.25, 0.3) is 0 Å². The monoisotopic (exact) mass is 247 g/mol. The third-order valence-corrected chi connectivity index (χ3v) is 2.47. The van der Waals surface area contributed by atoms with Gasteiger partial charge in [0.2, 0.25) is 0 Å². The molecule has 1 aromatic rings. The number of methoxy groups -OCH3 is 1. The number of carboxylic acid groups (broad SMARTS) is 1. The molecule has 0 aromatic heterocycles. The van der Waals surface area contributed by atoms with Crippen molar-refractivity contribution >= 4 is 17.6 Å². The zero-order valence-corrected chi connectivity index (χ0v) is 9.29. The molecular weight excluding hydrogens is 237 g/mol. The predicted octanol–water partition coefficient (Wildman–Crippen LogP) is 1.44. The Labute approximate surface area is 96.8 Å². The summed E-state index contributed by atoms with van der Waals surface area (Å²) in [4.78, 5) is 10.6. The van der Waals surface area contributed by atoms with Gasteiger partial charge in [-0.25, -0.2) is 4.39 Å². The molecule has 0 spiro atoms. The molecule has 1 atom stereocenters.